The number of hydrogen-bond acceptors (Lipinski definition) is 5. The molecule has 5 heteroatoms. The molecule has 3 N–H and O–H groups in total. The van der Waals surface area contributed by atoms with E-state index >= 15 is 0 Å². The van der Waals surface area contributed by atoms with Crippen molar-refractivity contribution in [3.63, 3.8) is 0 Å². The molecule has 0 bridgehead atoms. The molecule has 5 nitrogen and oxygen atoms in total. The van der Waals surface area contributed by atoms with E-state index in [0.29, 0.717) is 18.0 Å². The molecule has 0 saturated heterocycles. The lowest BCUT2D eigenvalue weighted by Crippen LogP contribution is -2.18. The number of benzene rings is 1. The maximum Gasteiger partial charge on any atom is 0.213 e. The molecular formula is C15H18N2O3. The van der Waals surface area contributed by atoms with Gasteiger partial charge in [-0.3, -0.25) is 0 Å². The van der Waals surface area contributed by atoms with E-state index in [1.54, 1.807) is 19.4 Å². The summed E-state index contributed by atoms with van der Waals surface area (Å²) in [7, 11) is 1.58. The summed E-state index contributed by atoms with van der Waals surface area (Å²) in [5.41, 5.74) is 1.69. The van der Waals surface area contributed by atoms with Gasteiger partial charge >= 0.3 is 0 Å². The Hall–Kier alpha value is -2.27. The minimum atomic E-state index is -0.0961. The SMILES string of the molecule is COc1cc(CNC(C)c2cc(O)ccc2O)ccn1. The molecule has 20 heavy (non-hydrogen) atoms. The minimum Gasteiger partial charge on any atom is -0.508 e. The number of aromatic hydroxyl groups is 2. The van der Waals surface area contributed by atoms with Crippen molar-refractivity contribution in [3.8, 4) is 17.4 Å². The maximum absolute atomic E-state index is 9.80. The highest BCUT2D eigenvalue weighted by molar-refractivity contribution is 5.40. The van der Waals surface area contributed by atoms with Crippen LogP contribution >= 0.6 is 0 Å². The van der Waals surface area contributed by atoms with E-state index in [1.165, 1.54) is 12.1 Å². The zero-order chi connectivity index (χ0) is 14.5. The molecule has 1 atom stereocenters. The Labute approximate surface area is 117 Å². The van der Waals surface area contributed by atoms with Gasteiger partial charge in [-0.15, -0.1) is 0 Å². The quantitative estimate of drug-likeness (QED) is 0.730. The molecule has 1 heterocycles. The molecule has 0 aliphatic heterocycles. The first kappa shape index (κ1) is 14.1. The summed E-state index contributed by atoms with van der Waals surface area (Å²) in [4.78, 5) is 4.05. The molecule has 1 aromatic heterocycles. The summed E-state index contributed by atoms with van der Waals surface area (Å²) in [6.07, 6.45) is 1.69. The fourth-order valence-electron chi connectivity index (χ4n) is 1.94. The van der Waals surface area contributed by atoms with Crippen molar-refractivity contribution in [1.82, 2.24) is 10.3 Å². The van der Waals surface area contributed by atoms with E-state index in [4.69, 9.17) is 4.74 Å². The van der Waals surface area contributed by atoms with Crippen LogP contribution in [-0.4, -0.2) is 22.3 Å². The zero-order valence-electron chi connectivity index (χ0n) is 11.5. The Morgan fingerprint density at radius 2 is 2.05 bits per heavy atom. The van der Waals surface area contributed by atoms with Crippen LogP contribution in [-0.2, 0) is 6.54 Å². The fourth-order valence-corrected chi connectivity index (χ4v) is 1.94. The number of phenols is 2. The third-order valence-electron chi connectivity index (χ3n) is 3.10. The van der Waals surface area contributed by atoms with E-state index in [-0.39, 0.29) is 17.5 Å². The van der Waals surface area contributed by atoms with Crippen LogP contribution in [0.25, 0.3) is 0 Å². The van der Waals surface area contributed by atoms with Crippen LogP contribution in [0.2, 0.25) is 0 Å². The van der Waals surface area contributed by atoms with Crippen molar-refractivity contribution < 1.29 is 14.9 Å². The average molecular weight is 274 g/mol. The highest BCUT2D eigenvalue weighted by atomic mass is 16.5. The summed E-state index contributed by atoms with van der Waals surface area (Å²) >= 11 is 0. The van der Waals surface area contributed by atoms with Gasteiger partial charge in [0.25, 0.3) is 0 Å². The zero-order valence-corrected chi connectivity index (χ0v) is 11.5. The second-order valence-corrected chi connectivity index (χ2v) is 4.55. The van der Waals surface area contributed by atoms with Gasteiger partial charge in [0.2, 0.25) is 5.88 Å². The van der Waals surface area contributed by atoms with E-state index in [2.05, 4.69) is 10.3 Å². The number of nitrogens with one attached hydrogen (secondary N) is 1. The number of rotatable bonds is 5. The van der Waals surface area contributed by atoms with E-state index in [0.717, 1.165) is 5.56 Å². The molecule has 106 valence electrons. The van der Waals surface area contributed by atoms with Crippen molar-refractivity contribution in [3.05, 3.63) is 47.7 Å². The summed E-state index contributed by atoms with van der Waals surface area (Å²) < 4.78 is 5.07. The Balaban J connectivity index is 2.04. The van der Waals surface area contributed by atoms with Gasteiger partial charge in [0.15, 0.2) is 0 Å². The molecule has 0 amide bonds. The third kappa shape index (κ3) is 3.39. The Kier molecular flexibility index (Phi) is 4.42. The molecule has 0 radical (unpaired) electrons. The number of aromatic nitrogens is 1. The highest BCUT2D eigenvalue weighted by Gasteiger charge is 2.11. The van der Waals surface area contributed by atoms with Gasteiger partial charge in [-0.1, -0.05) is 0 Å². The Morgan fingerprint density at radius 3 is 2.80 bits per heavy atom. The monoisotopic (exact) mass is 274 g/mol. The van der Waals surface area contributed by atoms with Gasteiger partial charge in [-0.25, -0.2) is 4.98 Å². The first-order valence-corrected chi connectivity index (χ1v) is 6.34. The van der Waals surface area contributed by atoms with Crippen LogP contribution < -0.4 is 10.1 Å². The van der Waals surface area contributed by atoms with Gasteiger partial charge in [0.1, 0.15) is 11.5 Å². The van der Waals surface area contributed by atoms with Gasteiger partial charge in [0.05, 0.1) is 7.11 Å². The van der Waals surface area contributed by atoms with Crippen molar-refractivity contribution in [2.45, 2.75) is 19.5 Å². The van der Waals surface area contributed by atoms with Crippen LogP contribution in [0.1, 0.15) is 24.1 Å². The summed E-state index contributed by atoms with van der Waals surface area (Å²) in [5.74, 6) is 0.865. The highest BCUT2D eigenvalue weighted by Crippen LogP contribution is 2.27. The Bertz CT molecular complexity index is 587. The fraction of sp³-hybridized carbons (Fsp3) is 0.267. The second kappa shape index (κ2) is 6.25. The molecular weight excluding hydrogens is 256 g/mol. The lowest BCUT2D eigenvalue weighted by molar-refractivity contribution is 0.396. The molecule has 0 fully saturated rings. The topological polar surface area (TPSA) is 74.6 Å². The van der Waals surface area contributed by atoms with E-state index in [1.807, 2.05) is 19.1 Å². The molecule has 2 aromatic rings. The van der Waals surface area contributed by atoms with Crippen molar-refractivity contribution in [2.24, 2.45) is 0 Å². The Morgan fingerprint density at radius 1 is 1.25 bits per heavy atom. The molecule has 2 rings (SSSR count). The predicted molar refractivity (Wildman–Crippen MR) is 75.8 cm³/mol. The van der Waals surface area contributed by atoms with Crippen molar-refractivity contribution in [2.75, 3.05) is 7.11 Å². The first-order chi connectivity index (χ1) is 9.60. The number of nitrogens with zero attached hydrogens (tertiary/aromatic N) is 1. The molecule has 0 aliphatic carbocycles. The minimum absolute atomic E-state index is 0.0961. The number of hydrogen-bond donors (Lipinski definition) is 3. The molecule has 1 aromatic carbocycles. The smallest absolute Gasteiger partial charge is 0.213 e. The van der Waals surface area contributed by atoms with Gasteiger partial charge in [0, 0.05) is 30.4 Å². The maximum atomic E-state index is 9.80. The van der Waals surface area contributed by atoms with Crippen LogP contribution in [0.3, 0.4) is 0 Å². The summed E-state index contributed by atoms with van der Waals surface area (Å²) in [5, 5.41) is 22.6. The molecule has 0 spiro atoms. The molecule has 1 unspecified atom stereocenters. The lowest BCUT2D eigenvalue weighted by Gasteiger charge is -2.16. The number of methoxy groups -OCH3 is 1. The van der Waals surface area contributed by atoms with Crippen LogP contribution in [0, 0.1) is 0 Å². The average Bonchev–Trinajstić information content (AvgIpc) is 2.47. The van der Waals surface area contributed by atoms with Gasteiger partial charge < -0.3 is 20.3 Å². The lowest BCUT2D eigenvalue weighted by atomic mass is 10.1. The van der Waals surface area contributed by atoms with E-state index in [9.17, 15) is 10.2 Å². The number of pyridine rings is 1. The number of phenolic OH excluding ortho intramolecular Hbond substituents is 2. The first-order valence-electron chi connectivity index (χ1n) is 6.34. The second-order valence-electron chi connectivity index (χ2n) is 4.55. The van der Waals surface area contributed by atoms with E-state index < -0.39 is 0 Å². The van der Waals surface area contributed by atoms with Crippen molar-refractivity contribution >= 4 is 0 Å². The molecule has 0 aliphatic rings. The van der Waals surface area contributed by atoms with Crippen LogP contribution in [0.5, 0.6) is 17.4 Å². The largest absolute Gasteiger partial charge is 0.508 e. The van der Waals surface area contributed by atoms with Gasteiger partial charge in [-0.2, -0.15) is 0 Å². The number of ether oxygens (including phenoxy) is 1. The van der Waals surface area contributed by atoms with Crippen LogP contribution in [0.15, 0.2) is 36.5 Å². The van der Waals surface area contributed by atoms with Crippen LogP contribution in [0.4, 0.5) is 0 Å². The third-order valence-corrected chi connectivity index (χ3v) is 3.10. The molecule has 0 saturated carbocycles. The predicted octanol–water partition coefficient (Wildman–Crippen LogP) is 2.35. The normalized spacial score (nSPS) is 12.1. The summed E-state index contributed by atoms with van der Waals surface area (Å²) in [6.45, 7) is 2.53. The van der Waals surface area contributed by atoms with Crippen molar-refractivity contribution in [1.29, 1.82) is 0 Å². The summed E-state index contributed by atoms with van der Waals surface area (Å²) in [6, 6.07) is 8.14. The van der Waals surface area contributed by atoms with Gasteiger partial charge in [-0.05, 0) is 36.8 Å². The standard InChI is InChI=1S/C15H18N2O3/c1-10(13-8-12(18)3-4-14(13)19)17-9-11-5-6-16-15(7-11)20-2/h3-8,10,17-19H,9H2,1-2H3.